The Kier molecular flexibility index (Phi) is 18.6. The van der Waals surface area contributed by atoms with Gasteiger partial charge in [0.05, 0.1) is 37.6 Å². The van der Waals surface area contributed by atoms with Crippen LogP contribution in [0.25, 0.3) is 0 Å². The van der Waals surface area contributed by atoms with Crippen molar-refractivity contribution in [3.8, 4) is 46.3 Å². The molecule has 0 aliphatic carbocycles. The van der Waals surface area contributed by atoms with E-state index in [4.69, 9.17) is 18.9 Å². The molecule has 0 aliphatic heterocycles. The number of hydrogen-bond donors (Lipinski definition) is 0. The molecule has 0 atom stereocenters. The quantitative estimate of drug-likeness (QED) is 0.117. The first-order valence-corrected chi connectivity index (χ1v) is 20.0. The molecule has 0 fully saturated rings. The van der Waals surface area contributed by atoms with E-state index in [9.17, 15) is 0 Å². The molecule has 45 heavy (non-hydrogen) atoms. The van der Waals surface area contributed by atoms with Crippen molar-refractivity contribution < 1.29 is 37.8 Å². The summed E-state index contributed by atoms with van der Waals surface area (Å²) in [4.78, 5) is 0. The second-order valence-corrected chi connectivity index (χ2v) is 19.0. The number of rotatable bonds is 16. The average Bonchev–Trinajstić information content (AvgIpc) is 2.91. The third-order valence-electron chi connectivity index (χ3n) is 6.68. The molecule has 2 aromatic rings. The van der Waals surface area contributed by atoms with Crippen LogP contribution in [0.2, 0.25) is 19.6 Å². The second kappa shape index (κ2) is 20.6. The Hall–Kier alpha value is -2.43. The molecule has 0 unspecified atom stereocenters. The maximum Gasteiger partial charge on any atom is 1.00 e. The van der Waals surface area contributed by atoms with Crippen LogP contribution in [0.5, 0.6) is 23.0 Å². The van der Waals surface area contributed by atoms with Crippen LogP contribution in [0.1, 0.15) is 97.8 Å². The molecule has 0 saturated carbocycles. The summed E-state index contributed by atoms with van der Waals surface area (Å²) in [6.45, 7) is 26.8. The third kappa shape index (κ3) is 17.2. The van der Waals surface area contributed by atoms with Gasteiger partial charge in [-0.25, -0.2) is 0 Å². The van der Waals surface area contributed by atoms with Gasteiger partial charge in [0, 0.05) is 23.6 Å². The Balaban J connectivity index is 0.0000101. The van der Waals surface area contributed by atoms with Crippen LogP contribution < -0.4 is 37.8 Å². The van der Waals surface area contributed by atoms with Gasteiger partial charge >= 0.3 is 18.9 Å². The summed E-state index contributed by atoms with van der Waals surface area (Å²) >= 11 is 0. The molecule has 2 rings (SSSR count). The maximum atomic E-state index is 6.35. The Morgan fingerprint density at radius 2 is 0.933 bits per heavy atom. The Labute approximate surface area is 288 Å². The number of ether oxygens (including phenoxy) is 4. The fourth-order valence-corrected chi connectivity index (χ4v) is 4.27. The Morgan fingerprint density at radius 3 is 1.36 bits per heavy atom. The van der Waals surface area contributed by atoms with Gasteiger partial charge in [0.2, 0.25) is 0 Å². The molecule has 0 saturated heterocycles. The van der Waals surface area contributed by atoms with E-state index in [2.05, 4.69) is 104 Å². The molecule has 242 valence electrons. The molecule has 0 aromatic heterocycles. The van der Waals surface area contributed by atoms with E-state index in [1.165, 1.54) is 0 Å². The zero-order valence-corrected chi connectivity index (χ0v) is 31.4. The first-order chi connectivity index (χ1) is 20.7. The third-order valence-corrected chi connectivity index (χ3v) is 7.56. The predicted octanol–water partition coefficient (Wildman–Crippen LogP) is 6.82. The number of hydrogen-bond acceptors (Lipinski definition) is 4. The summed E-state index contributed by atoms with van der Waals surface area (Å²) in [5.74, 6) is 15.3. The molecular weight excluding hydrogens is 567 g/mol. The molecule has 2 aromatic carbocycles. The van der Waals surface area contributed by atoms with E-state index < -0.39 is 8.07 Å². The van der Waals surface area contributed by atoms with Crippen molar-refractivity contribution in [2.75, 3.05) is 26.4 Å². The van der Waals surface area contributed by atoms with Crippen LogP contribution in [0, 0.1) is 53.0 Å². The van der Waals surface area contributed by atoms with E-state index in [0.717, 1.165) is 53.9 Å². The molecule has 0 heterocycles. The van der Waals surface area contributed by atoms with E-state index in [-0.39, 0.29) is 18.9 Å². The van der Waals surface area contributed by atoms with Crippen molar-refractivity contribution in [2.45, 2.75) is 101 Å². The predicted molar refractivity (Wildman–Crippen MR) is 188 cm³/mol. The Bertz CT molecular complexity index is 1290. The number of benzene rings is 2. The summed E-state index contributed by atoms with van der Waals surface area (Å²) in [5, 5.41) is 0. The van der Waals surface area contributed by atoms with Crippen molar-refractivity contribution in [2.24, 2.45) is 23.7 Å². The van der Waals surface area contributed by atoms with Crippen LogP contribution in [-0.2, 0) is 0 Å². The molecule has 0 N–H and O–H groups in total. The first-order valence-electron chi connectivity index (χ1n) is 16.5. The van der Waals surface area contributed by atoms with E-state index in [1.54, 1.807) is 0 Å². The Morgan fingerprint density at radius 1 is 0.556 bits per heavy atom. The largest absolute Gasteiger partial charge is 1.00 e. The molecule has 0 amide bonds. The van der Waals surface area contributed by atoms with Crippen LogP contribution in [0.4, 0.5) is 0 Å². The van der Waals surface area contributed by atoms with Crippen LogP contribution in [0.15, 0.2) is 24.3 Å². The monoisotopic (exact) mass is 624 g/mol. The van der Waals surface area contributed by atoms with Crippen LogP contribution in [0.3, 0.4) is 0 Å². The summed E-state index contributed by atoms with van der Waals surface area (Å²) < 4.78 is 24.9. The molecule has 6 heteroatoms. The summed E-state index contributed by atoms with van der Waals surface area (Å²) in [6, 6.07) is 11.0. The van der Waals surface area contributed by atoms with Gasteiger partial charge in [-0.15, -0.1) is 23.7 Å². The van der Waals surface area contributed by atoms with Gasteiger partial charge in [-0.1, -0.05) is 92.8 Å². The first kappa shape index (κ1) is 40.6. The zero-order chi connectivity index (χ0) is 32.7. The minimum absolute atomic E-state index is 0. The molecule has 0 radical (unpaired) electrons. The van der Waals surface area contributed by atoms with E-state index in [0.29, 0.717) is 61.6 Å². The standard InChI is InChI=1S/C39H57O4Si.Li/c1-29(2)16-21-40-36-14-15-37(41-22-17-30(3)4)33(26-36)12-13-34-27-39(43-24-19-32(7)8)35(20-25-44(9,10)11)28-38(34)42-23-18-31(5)6;/h15,26-32H,16-19,21-24H2,1-11H3;/q-1;+1. The molecular formula is C39H57LiO4Si. The van der Waals surface area contributed by atoms with Gasteiger partial charge in [-0.05, 0) is 54.9 Å². The smallest absolute Gasteiger partial charge is 0.550 e. The van der Waals surface area contributed by atoms with E-state index in [1.807, 2.05) is 24.3 Å². The average molecular weight is 625 g/mol. The molecule has 4 nitrogen and oxygen atoms in total. The zero-order valence-electron chi connectivity index (χ0n) is 30.4. The van der Waals surface area contributed by atoms with E-state index >= 15 is 0 Å². The van der Waals surface area contributed by atoms with Crippen LogP contribution in [-0.4, -0.2) is 34.5 Å². The fourth-order valence-electron chi connectivity index (χ4n) is 3.76. The minimum Gasteiger partial charge on any atom is -0.550 e. The van der Waals surface area contributed by atoms with Crippen molar-refractivity contribution >= 4 is 8.07 Å². The molecule has 0 spiro atoms. The molecule has 0 bridgehead atoms. The summed E-state index contributed by atoms with van der Waals surface area (Å²) in [7, 11) is -1.60. The minimum atomic E-state index is -1.60. The summed E-state index contributed by atoms with van der Waals surface area (Å²) in [5.41, 5.74) is 5.90. The second-order valence-electron chi connectivity index (χ2n) is 14.3. The normalized spacial score (nSPS) is 11.1. The summed E-state index contributed by atoms with van der Waals surface area (Å²) in [6.07, 6.45) is 3.86. The topological polar surface area (TPSA) is 36.9 Å². The van der Waals surface area contributed by atoms with Crippen molar-refractivity contribution in [3.63, 3.8) is 0 Å². The van der Waals surface area contributed by atoms with Gasteiger partial charge in [0.15, 0.2) is 0 Å². The van der Waals surface area contributed by atoms with Crippen molar-refractivity contribution in [3.05, 3.63) is 47.0 Å². The van der Waals surface area contributed by atoms with Gasteiger partial charge in [-0.3, -0.25) is 0 Å². The van der Waals surface area contributed by atoms with Crippen molar-refractivity contribution in [1.82, 2.24) is 0 Å². The fraction of sp³-hybridized carbons (Fsp3) is 0.590. The molecule has 0 aliphatic rings. The van der Waals surface area contributed by atoms with Gasteiger partial charge < -0.3 is 18.9 Å². The van der Waals surface area contributed by atoms with Crippen molar-refractivity contribution in [1.29, 1.82) is 0 Å². The van der Waals surface area contributed by atoms with Gasteiger partial charge in [-0.2, -0.15) is 0 Å². The van der Waals surface area contributed by atoms with Gasteiger partial charge in [0.1, 0.15) is 19.6 Å². The van der Waals surface area contributed by atoms with Gasteiger partial charge in [0.25, 0.3) is 0 Å². The van der Waals surface area contributed by atoms with Crippen LogP contribution >= 0.6 is 0 Å². The SMILES string of the molecule is CC(C)CCOc1[c-]cc(OCCC(C)C)c(C#Cc2cc(OCCC(C)C)c(C#C[Si](C)(C)C)cc2OCCC(C)C)c1.[Li+]. The maximum absolute atomic E-state index is 6.35.